The van der Waals surface area contributed by atoms with Crippen molar-refractivity contribution in [2.75, 3.05) is 20.3 Å². The average Bonchev–Trinajstić information content (AvgIpc) is 2.45. The maximum Gasteiger partial charge on any atom is 0.147 e. The smallest absolute Gasteiger partial charge is 0.147 e. The van der Waals surface area contributed by atoms with Gasteiger partial charge in [-0.3, -0.25) is 4.98 Å². The molecular weight excluding hydrogens is 276 g/mol. The summed E-state index contributed by atoms with van der Waals surface area (Å²) in [6, 6.07) is 9.60. The van der Waals surface area contributed by atoms with Gasteiger partial charge in [-0.1, -0.05) is 29.8 Å². The van der Waals surface area contributed by atoms with Gasteiger partial charge in [0.05, 0.1) is 17.8 Å². The van der Waals surface area contributed by atoms with Gasteiger partial charge in [-0.05, 0) is 6.07 Å². The van der Waals surface area contributed by atoms with E-state index in [-0.39, 0.29) is 0 Å². The molecule has 2 aromatic rings. The van der Waals surface area contributed by atoms with E-state index in [4.69, 9.17) is 21.1 Å². The Kier molecular flexibility index (Phi) is 5.80. The molecule has 0 fully saturated rings. The minimum Gasteiger partial charge on any atom is -0.455 e. The van der Waals surface area contributed by atoms with Crippen molar-refractivity contribution in [1.82, 2.24) is 10.3 Å². The van der Waals surface area contributed by atoms with Crippen LogP contribution in [0.15, 0.2) is 42.7 Å². The number of benzene rings is 1. The second-order valence-electron chi connectivity index (χ2n) is 4.22. The Morgan fingerprint density at radius 3 is 2.90 bits per heavy atom. The fourth-order valence-electron chi connectivity index (χ4n) is 1.72. The van der Waals surface area contributed by atoms with Crippen molar-refractivity contribution in [1.29, 1.82) is 0 Å². The number of ether oxygens (including phenoxy) is 2. The molecule has 4 nitrogen and oxygen atoms in total. The molecule has 1 aromatic carbocycles. The molecule has 1 aromatic heterocycles. The molecular formula is C15H17ClN2O2. The number of methoxy groups -OCH3 is 1. The van der Waals surface area contributed by atoms with Gasteiger partial charge in [0, 0.05) is 38.0 Å². The molecule has 0 aliphatic carbocycles. The second-order valence-corrected chi connectivity index (χ2v) is 4.65. The zero-order chi connectivity index (χ0) is 14.2. The lowest BCUT2D eigenvalue weighted by Crippen LogP contribution is -2.18. The van der Waals surface area contributed by atoms with Crippen LogP contribution < -0.4 is 10.1 Å². The molecule has 0 radical (unpaired) electrons. The van der Waals surface area contributed by atoms with Crippen molar-refractivity contribution in [3.8, 4) is 11.5 Å². The average molecular weight is 293 g/mol. The number of para-hydroxylation sites is 1. The van der Waals surface area contributed by atoms with E-state index < -0.39 is 0 Å². The summed E-state index contributed by atoms with van der Waals surface area (Å²) in [5, 5.41) is 3.85. The first kappa shape index (κ1) is 14.8. The summed E-state index contributed by atoms with van der Waals surface area (Å²) < 4.78 is 10.8. The third kappa shape index (κ3) is 4.49. The highest BCUT2D eigenvalue weighted by Gasteiger charge is 2.04. The van der Waals surface area contributed by atoms with Crippen molar-refractivity contribution in [2.45, 2.75) is 6.54 Å². The van der Waals surface area contributed by atoms with E-state index in [1.807, 2.05) is 24.3 Å². The van der Waals surface area contributed by atoms with E-state index in [0.717, 1.165) is 17.9 Å². The van der Waals surface area contributed by atoms with Gasteiger partial charge in [0.1, 0.15) is 11.5 Å². The Balaban J connectivity index is 2.03. The van der Waals surface area contributed by atoms with Crippen LogP contribution in [0.25, 0.3) is 0 Å². The van der Waals surface area contributed by atoms with Crippen LogP contribution in [0.2, 0.25) is 5.02 Å². The molecule has 0 aliphatic rings. The highest BCUT2D eigenvalue weighted by molar-refractivity contribution is 6.30. The Labute approximate surface area is 123 Å². The number of halogens is 1. The number of aromatic nitrogens is 1. The first-order valence-electron chi connectivity index (χ1n) is 6.35. The van der Waals surface area contributed by atoms with Gasteiger partial charge in [0.25, 0.3) is 0 Å². The fourth-order valence-corrected chi connectivity index (χ4v) is 1.89. The summed E-state index contributed by atoms with van der Waals surface area (Å²) in [6.07, 6.45) is 3.22. The largest absolute Gasteiger partial charge is 0.455 e. The monoisotopic (exact) mass is 292 g/mol. The van der Waals surface area contributed by atoms with Crippen molar-refractivity contribution in [2.24, 2.45) is 0 Å². The van der Waals surface area contributed by atoms with Gasteiger partial charge in [0.15, 0.2) is 0 Å². The summed E-state index contributed by atoms with van der Waals surface area (Å²) >= 11 is 5.90. The summed E-state index contributed by atoms with van der Waals surface area (Å²) in [7, 11) is 1.69. The number of pyridine rings is 1. The predicted molar refractivity (Wildman–Crippen MR) is 79.3 cm³/mol. The predicted octanol–water partition coefficient (Wildman–Crippen LogP) is 3.26. The molecule has 0 bridgehead atoms. The lowest BCUT2D eigenvalue weighted by Gasteiger charge is -2.11. The first-order chi connectivity index (χ1) is 9.79. The van der Waals surface area contributed by atoms with Crippen LogP contribution in [0, 0.1) is 0 Å². The van der Waals surface area contributed by atoms with Crippen molar-refractivity contribution in [3.63, 3.8) is 0 Å². The van der Waals surface area contributed by atoms with Gasteiger partial charge in [0.2, 0.25) is 0 Å². The number of rotatable bonds is 7. The lowest BCUT2D eigenvalue weighted by molar-refractivity contribution is 0.199. The summed E-state index contributed by atoms with van der Waals surface area (Å²) in [5.41, 5.74) is 1.07. The van der Waals surface area contributed by atoms with Crippen LogP contribution in [-0.4, -0.2) is 25.2 Å². The Morgan fingerprint density at radius 2 is 2.10 bits per heavy atom. The topological polar surface area (TPSA) is 43.4 Å². The standard InChI is InChI=1S/C15H17ClN2O2/c1-19-7-6-17-9-12-4-2-3-5-15(12)20-14-8-13(16)10-18-11-14/h2-5,8,10-11,17H,6-7,9H2,1H3. The van der Waals surface area contributed by atoms with E-state index in [2.05, 4.69) is 10.3 Å². The van der Waals surface area contributed by atoms with Crippen LogP contribution in [0.1, 0.15) is 5.56 Å². The van der Waals surface area contributed by atoms with E-state index in [1.54, 1.807) is 25.6 Å². The third-order valence-electron chi connectivity index (χ3n) is 2.68. The fraction of sp³-hybridized carbons (Fsp3) is 0.267. The minimum absolute atomic E-state index is 0.554. The molecule has 0 saturated heterocycles. The molecule has 0 spiro atoms. The van der Waals surface area contributed by atoms with E-state index in [9.17, 15) is 0 Å². The SMILES string of the molecule is COCCNCc1ccccc1Oc1cncc(Cl)c1. The number of nitrogens with one attached hydrogen (secondary N) is 1. The van der Waals surface area contributed by atoms with Crippen LogP contribution in [0.5, 0.6) is 11.5 Å². The highest BCUT2D eigenvalue weighted by Crippen LogP contribution is 2.26. The summed E-state index contributed by atoms with van der Waals surface area (Å²) in [6.45, 7) is 2.19. The summed E-state index contributed by atoms with van der Waals surface area (Å²) in [4.78, 5) is 4.01. The quantitative estimate of drug-likeness (QED) is 0.796. The van der Waals surface area contributed by atoms with Crippen molar-refractivity contribution >= 4 is 11.6 Å². The van der Waals surface area contributed by atoms with E-state index >= 15 is 0 Å². The van der Waals surface area contributed by atoms with Crippen LogP contribution in [0.4, 0.5) is 0 Å². The Morgan fingerprint density at radius 1 is 1.25 bits per heavy atom. The molecule has 106 valence electrons. The molecule has 0 saturated carbocycles. The molecule has 0 atom stereocenters. The van der Waals surface area contributed by atoms with Crippen LogP contribution in [0.3, 0.4) is 0 Å². The number of hydrogen-bond donors (Lipinski definition) is 1. The Hall–Kier alpha value is -1.62. The zero-order valence-corrected chi connectivity index (χ0v) is 12.1. The molecule has 1 N–H and O–H groups in total. The molecule has 0 amide bonds. The first-order valence-corrected chi connectivity index (χ1v) is 6.73. The van der Waals surface area contributed by atoms with Crippen molar-refractivity contribution in [3.05, 3.63) is 53.3 Å². The van der Waals surface area contributed by atoms with Gasteiger partial charge in [-0.15, -0.1) is 0 Å². The zero-order valence-electron chi connectivity index (χ0n) is 11.3. The van der Waals surface area contributed by atoms with Crippen LogP contribution >= 0.6 is 11.6 Å². The normalized spacial score (nSPS) is 10.5. The Bertz CT molecular complexity index is 549. The molecule has 2 rings (SSSR count). The molecule has 0 unspecified atom stereocenters. The van der Waals surface area contributed by atoms with Crippen LogP contribution in [-0.2, 0) is 11.3 Å². The van der Waals surface area contributed by atoms with Gasteiger partial charge < -0.3 is 14.8 Å². The maximum atomic E-state index is 5.90. The molecule has 20 heavy (non-hydrogen) atoms. The maximum absolute atomic E-state index is 5.90. The van der Waals surface area contributed by atoms with E-state index in [1.165, 1.54) is 0 Å². The third-order valence-corrected chi connectivity index (χ3v) is 2.89. The summed E-state index contributed by atoms with van der Waals surface area (Å²) in [5.74, 6) is 1.42. The molecule has 5 heteroatoms. The van der Waals surface area contributed by atoms with Gasteiger partial charge >= 0.3 is 0 Å². The lowest BCUT2D eigenvalue weighted by atomic mass is 10.2. The number of nitrogens with zero attached hydrogens (tertiary/aromatic N) is 1. The van der Waals surface area contributed by atoms with E-state index in [0.29, 0.717) is 23.9 Å². The van der Waals surface area contributed by atoms with Gasteiger partial charge in [-0.25, -0.2) is 0 Å². The second kappa shape index (κ2) is 7.85. The van der Waals surface area contributed by atoms with Gasteiger partial charge in [-0.2, -0.15) is 0 Å². The molecule has 0 aliphatic heterocycles. The van der Waals surface area contributed by atoms with Crippen molar-refractivity contribution < 1.29 is 9.47 Å². The number of hydrogen-bond acceptors (Lipinski definition) is 4. The molecule has 1 heterocycles. The highest BCUT2D eigenvalue weighted by atomic mass is 35.5. The minimum atomic E-state index is 0.554.